The lowest BCUT2D eigenvalue weighted by Gasteiger charge is -2.00. The molecule has 0 aromatic heterocycles. The first kappa shape index (κ1) is 12.3. The molecule has 1 amide bonds. The minimum atomic E-state index is -1.16. The van der Waals surface area contributed by atoms with Gasteiger partial charge < -0.3 is 5.32 Å². The van der Waals surface area contributed by atoms with Gasteiger partial charge in [0.1, 0.15) is 0 Å². The van der Waals surface area contributed by atoms with Crippen molar-refractivity contribution in [1.82, 2.24) is 5.32 Å². The van der Waals surface area contributed by atoms with E-state index in [0.29, 0.717) is 6.54 Å². The Kier molecular flexibility index (Phi) is 8.83. The van der Waals surface area contributed by atoms with E-state index < -0.39 is 6.09 Å². The van der Waals surface area contributed by atoms with E-state index in [9.17, 15) is 9.90 Å². The SMILES string of the molecule is CCCCCCCCCNC([O])=O. The van der Waals surface area contributed by atoms with Crippen LogP contribution in [0.5, 0.6) is 0 Å². The highest BCUT2D eigenvalue weighted by Gasteiger charge is 1.95. The Bertz CT molecular complexity index is 126. The fourth-order valence-electron chi connectivity index (χ4n) is 1.27. The summed E-state index contributed by atoms with van der Waals surface area (Å²) in [6.07, 6.45) is 7.28. The molecule has 0 aliphatic carbocycles. The van der Waals surface area contributed by atoms with Crippen molar-refractivity contribution in [3.05, 3.63) is 0 Å². The summed E-state index contributed by atoms with van der Waals surface area (Å²) in [6, 6.07) is 0. The third-order valence-electron chi connectivity index (χ3n) is 2.05. The van der Waals surface area contributed by atoms with Crippen LogP contribution in [0.25, 0.3) is 0 Å². The molecule has 0 atom stereocenters. The van der Waals surface area contributed by atoms with Gasteiger partial charge in [-0.05, 0) is 6.42 Å². The largest absolute Gasteiger partial charge is 0.450 e. The Hall–Kier alpha value is -0.730. The third kappa shape index (κ3) is 11.3. The Balaban J connectivity index is 2.87. The summed E-state index contributed by atoms with van der Waals surface area (Å²) in [7, 11) is 0. The molecule has 3 heteroatoms. The second-order valence-corrected chi connectivity index (χ2v) is 3.34. The number of unbranched alkanes of at least 4 members (excludes halogenated alkanes) is 6. The standard InChI is InChI=1S/C10H20NO2/c1-2-3-4-5-6-7-8-9-11-10(12)13/h11H,2-9H2,1H3. The first-order chi connectivity index (χ1) is 6.27. The van der Waals surface area contributed by atoms with Crippen LogP contribution in [0.2, 0.25) is 0 Å². The van der Waals surface area contributed by atoms with Gasteiger partial charge in [0.25, 0.3) is 0 Å². The lowest BCUT2D eigenvalue weighted by Crippen LogP contribution is -2.20. The molecule has 0 unspecified atom stereocenters. The molecule has 0 bridgehead atoms. The molecule has 0 aliphatic rings. The van der Waals surface area contributed by atoms with Gasteiger partial charge in [0, 0.05) is 6.54 Å². The molecular weight excluding hydrogens is 166 g/mol. The van der Waals surface area contributed by atoms with Crippen molar-refractivity contribution in [3.63, 3.8) is 0 Å². The zero-order valence-electron chi connectivity index (χ0n) is 8.47. The molecule has 3 nitrogen and oxygen atoms in total. The van der Waals surface area contributed by atoms with Crippen LogP contribution >= 0.6 is 0 Å². The first-order valence-corrected chi connectivity index (χ1v) is 5.22. The molecule has 13 heavy (non-hydrogen) atoms. The second kappa shape index (κ2) is 9.36. The molecule has 0 fully saturated rings. The van der Waals surface area contributed by atoms with Crippen molar-refractivity contribution in [1.29, 1.82) is 0 Å². The van der Waals surface area contributed by atoms with Crippen molar-refractivity contribution in [2.45, 2.75) is 51.9 Å². The number of rotatable bonds is 8. The average molecular weight is 186 g/mol. The lowest BCUT2D eigenvalue weighted by atomic mass is 10.1. The number of amides is 1. The molecule has 0 heterocycles. The maximum Gasteiger partial charge on any atom is 0.450 e. The van der Waals surface area contributed by atoms with E-state index in [-0.39, 0.29) is 0 Å². The summed E-state index contributed by atoms with van der Waals surface area (Å²) in [5, 5.41) is 12.2. The highest BCUT2D eigenvalue weighted by atomic mass is 16.4. The highest BCUT2D eigenvalue weighted by Crippen LogP contribution is 2.05. The van der Waals surface area contributed by atoms with E-state index in [1.807, 2.05) is 0 Å². The van der Waals surface area contributed by atoms with E-state index in [1.54, 1.807) is 0 Å². The van der Waals surface area contributed by atoms with Gasteiger partial charge in [0.2, 0.25) is 0 Å². The van der Waals surface area contributed by atoms with Crippen molar-refractivity contribution in [2.24, 2.45) is 0 Å². The molecule has 1 radical (unpaired) electrons. The Morgan fingerprint density at radius 3 is 2.08 bits per heavy atom. The molecule has 77 valence electrons. The topological polar surface area (TPSA) is 49.0 Å². The van der Waals surface area contributed by atoms with Crippen molar-refractivity contribution in [2.75, 3.05) is 6.54 Å². The van der Waals surface area contributed by atoms with Gasteiger partial charge in [0.05, 0.1) is 0 Å². The summed E-state index contributed by atoms with van der Waals surface area (Å²) in [4.78, 5) is 9.95. The minimum Gasteiger partial charge on any atom is -0.318 e. The van der Waals surface area contributed by atoms with E-state index in [1.165, 1.54) is 32.1 Å². The average Bonchev–Trinajstić information content (AvgIpc) is 2.09. The molecule has 0 aromatic carbocycles. The van der Waals surface area contributed by atoms with Crippen LogP contribution in [0.4, 0.5) is 4.79 Å². The summed E-state index contributed by atoms with van der Waals surface area (Å²) >= 11 is 0. The fourth-order valence-corrected chi connectivity index (χ4v) is 1.27. The number of hydrogen-bond donors (Lipinski definition) is 1. The van der Waals surface area contributed by atoms with Gasteiger partial charge in [-0.15, -0.1) is 0 Å². The number of nitrogens with one attached hydrogen (secondary N) is 1. The van der Waals surface area contributed by atoms with Crippen molar-refractivity contribution >= 4 is 6.09 Å². The van der Waals surface area contributed by atoms with E-state index in [0.717, 1.165) is 12.8 Å². The monoisotopic (exact) mass is 186 g/mol. The minimum absolute atomic E-state index is 0.538. The Labute approximate surface area is 80.5 Å². The Morgan fingerprint density at radius 2 is 1.54 bits per heavy atom. The van der Waals surface area contributed by atoms with Crippen LogP contribution < -0.4 is 5.32 Å². The predicted molar refractivity (Wildman–Crippen MR) is 52.1 cm³/mol. The maximum atomic E-state index is 9.95. The zero-order valence-corrected chi connectivity index (χ0v) is 8.47. The fraction of sp³-hybridized carbons (Fsp3) is 0.900. The zero-order chi connectivity index (χ0) is 9.94. The second-order valence-electron chi connectivity index (χ2n) is 3.34. The van der Waals surface area contributed by atoms with Gasteiger partial charge in [0.15, 0.2) is 0 Å². The Morgan fingerprint density at radius 1 is 1.00 bits per heavy atom. The van der Waals surface area contributed by atoms with Gasteiger partial charge >= 0.3 is 6.09 Å². The van der Waals surface area contributed by atoms with Crippen LogP contribution in [-0.2, 0) is 5.11 Å². The van der Waals surface area contributed by atoms with E-state index in [4.69, 9.17) is 0 Å². The van der Waals surface area contributed by atoms with Crippen molar-refractivity contribution < 1.29 is 9.90 Å². The third-order valence-corrected chi connectivity index (χ3v) is 2.05. The number of carbonyl (C=O) groups excluding carboxylic acids is 1. The highest BCUT2D eigenvalue weighted by molar-refractivity contribution is 5.63. The van der Waals surface area contributed by atoms with Crippen LogP contribution in [0.15, 0.2) is 0 Å². The number of hydrogen-bond acceptors (Lipinski definition) is 1. The summed E-state index contributed by atoms with van der Waals surface area (Å²) in [5.74, 6) is 0. The van der Waals surface area contributed by atoms with Crippen molar-refractivity contribution in [3.8, 4) is 0 Å². The molecular formula is C10H20NO2. The van der Waals surface area contributed by atoms with Crippen LogP contribution in [-0.4, -0.2) is 12.6 Å². The molecule has 1 N–H and O–H groups in total. The van der Waals surface area contributed by atoms with E-state index >= 15 is 0 Å². The maximum absolute atomic E-state index is 9.95. The van der Waals surface area contributed by atoms with E-state index in [2.05, 4.69) is 12.2 Å². The van der Waals surface area contributed by atoms with Gasteiger partial charge in [-0.2, -0.15) is 0 Å². The quantitative estimate of drug-likeness (QED) is 0.582. The van der Waals surface area contributed by atoms with Crippen LogP contribution in [0, 0.1) is 0 Å². The molecule has 0 saturated carbocycles. The normalized spacial score (nSPS) is 9.92. The first-order valence-electron chi connectivity index (χ1n) is 5.22. The molecule has 0 spiro atoms. The molecule has 0 aromatic rings. The van der Waals surface area contributed by atoms with Crippen LogP contribution in [0.3, 0.4) is 0 Å². The smallest absolute Gasteiger partial charge is 0.318 e. The summed E-state index contributed by atoms with van der Waals surface area (Å²) < 4.78 is 0. The van der Waals surface area contributed by atoms with Gasteiger partial charge in [-0.3, -0.25) is 0 Å². The molecule has 0 aliphatic heterocycles. The van der Waals surface area contributed by atoms with Crippen LogP contribution in [0.1, 0.15) is 51.9 Å². The van der Waals surface area contributed by atoms with Gasteiger partial charge in [-0.25, -0.2) is 9.90 Å². The molecule has 0 saturated heterocycles. The summed E-state index contributed by atoms with van der Waals surface area (Å²) in [6.45, 7) is 2.74. The molecule has 0 rings (SSSR count). The lowest BCUT2D eigenvalue weighted by molar-refractivity contribution is 0.168. The number of carbonyl (C=O) groups is 1. The van der Waals surface area contributed by atoms with Gasteiger partial charge in [-0.1, -0.05) is 45.4 Å². The summed E-state index contributed by atoms with van der Waals surface area (Å²) in [5.41, 5.74) is 0. The predicted octanol–water partition coefficient (Wildman–Crippen LogP) is 2.88.